The Morgan fingerprint density at radius 1 is 1.26 bits per heavy atom. The molecule has 0 fully saturated rings. The van der Waals surface area contributed by atoms with E-state index < -0.39 is 6.36 Å². The van der Waals surface area contributed by atoms with E-state index in [0.29, 0.717) is 18.5 Å². The Morgan fingerprint density at radius 3 is 2.39 bits per heavy atom. The zero-order chi connectivity index (χ0) is 17.5. The molecule has 0 aromatic heterocycles. The fourth-order valence-electron chi connectivity index (χ4n) is 1.88. The molecule has 1 aromatic rings. The van der Waals surface area contributed by atoms with Gasteiger partial charge in [-0.2, -0.15) is 0 Å². The lowest BCUT2D eigenvalue weighted by Gasteiger charge is -2.17. The van der Waals surface area contributed by atoms with Gasteiger partial charge >= 0.3 is 12.4 Å². The highest BCUT2D eigenvalue weighted by Crippen LogP contribution is 2.24. The van der Waals surface area contributed by atoms with E-state index in [1.165, 1.54) is 24.3 Å². The summed E-state index contributed by atoms with van der Waals surface area (Å²) in [6, 6.07) is 4.56. The molecule has 8 heteroatoms. The van der Waals surface area contributed by atoms with Crippen LogP contribution in [0.1, 0.15) is 31.9 Å². The molecule has 2 amide bonds. The Kier molecular flexibility index (Phi) is 7.15. The second kappa shape index (κ2) is 8.61. The maximum atomic E-state index is 12.1. The van der Waals surface area contributed by atoms with Crippen molar-refractivity contribution in [1.82, 2.24) is 10.6 Å². The highest BCUT2D eigenvalue weighted by molar-refractivity contribution is 5.74. The summed E-state index contributed by atoms with van der Waals surface area (Å²) in [5, 5.41) is 14.1. The van der Waals surface area contributed by atoms with E-state index in [1.807, 2.05) is 6.92 Å². The lowest BCUT2D eigenvalue weighted by Crippen LogP contribution is -2.39. The zero-order valence-corrected chi connectivity index (χ0v) is 13.0. The van der Waals surface area contributed by atoms with E-state index in [2.05, 4.69) is 15.4 Å². The summed E-state index contributed by atoms with van der Waals surface area (Å²) in [6.07, 6.45) is -4.13. The molecule has 2 atom stereocenters. The third-order valence-corrected chi connectivity index (χ3v) is 3.19. The van der Waals surface area contributed by atoms with Crippen molar-refractivity contribution < 1.29 is 27.8 Å². The molecule has 3 N–H and O–H groups in total. The van der Waals surface area contributed by atoms with Crippen LogP contribution in [0.5, 0.6) is 5.75 Å². The summed E-state index contributed by atoms with van der Waals surface area (Å²) in [5.41, 5.74) is 0.651. The summed E-state index contributed by atoms with van der Waals surface area (Å²) in [4.78, 5) is 11.7. The molecule has 0 aliphatic heterocycles. The van der Waals surface area contributed by atoms with Gasteiger partial charge in [0, 0.05) is 13.2 Å². The van der Waals surface area contributed by atoms with Crippen LogP contribution in [0.15, 0.2) is 24.3 Å². The van der Waals surface area contributed by atoms with Crippen LogP contribution < -0.4 is 15.4 Å². The van der Waals surface area contributed by atoms with Gasteiger partial charge in [0.2, 0.25) is 0 Å². The number of alkyl halides is 3. The fourth-order valence-corrected chi connectivity index (χ4v) is 1.88. The van der Waals surface area contributed by atoms with Gasteiger partial charge in [-0.3, -0.25) is 0 Å². The van der Waals surface area contributed by atoms with E-state index >= 15 is 0 Å². The van der Waals surface area contributed by atoms with Crippen molar-refractivity contribution in [3.63, 3.8) is 0 Å². The largest absolute Gasteiger partial charge is 0.573 e. The van der Waals surface area contributed by atoms with E-state index in [0.717, 1.165) is 0 Å². The van der Waals surface area contributed by atoms with Gasteiger partial charge in [0.25, 0.3) is 0 Å². The van der Waals surface area contributed by atoms with Gasteiger partial charge in [0.05, 0.1) is 6.04 Å². The summed E-state index contributed by atoms with van der Waals surface area (Å²) in [6.45, 7) is 4.11. The monoisotopic (exact) mass is 334 g/mol. The number of ether oxygens (including phenoxy) is 1. The first-order valence-corrected chi connectivity index (χ1v) is 7.22. The minimum absolute atomic E-state index is 0.0627. The zero-order valence-electron chi connectivity index (χ0n) is 13.0. The average Bonchev–Trinajstić information content (AvgIpc) is 2.44. The molecule has 0 radical (unpaired) electrons. The Bertz CT molecular complexity index is 492. The van der Waals surface area contributed by atoms with Gasteiger partial charge in [0.15, 0.2) is 0 Å². The first-order valence-electron chi connectivity index (χ1n) is 7.22. The smallest absolute Gasteiger partial charge is 0.406 e. The molecule has 1 aromatic carbocycles. The van der Waals surface area contributed by atoms with Gasteiger partial charge in [0.1, 0.15) is 5.75 Å². The van der Waals surface area contributed by atoms with Gasteiger partial charge in [-0.1, -0.05) is 19.1 Å². The second-order valence-electron chi connectivity index (χ2n) is 5.31. The molecule has 0 aliphatic rings. The van der Waals surface area contributed by atoms with Crippen molar-refractivity contribution in [2.45, 2.75) is 32.7 Å². The van der Waals surface area contributed by atoms with Crippen LogP contribution in [0.3, 0.4) is 0 Å². The maximum Gasteiger partial charge on any atom is 0.573 e. The predicted octanol–water partition coefficient (Wildman–Crippen LogP) is 2.96. The van der Waals surface area contributed by atoms with Crippen LogP contribution >= 0.6 is 0 Å². The van der Waals surface area contributed by atoms with Gasteiger partial charge in [-0.05, 0) is 37.0 Å². The van der Waals surface area contributed by atoms with Crippen LogP contribution in [-0.2, 0) is 0 Å². The lowest BCUT2D eigenvalue weighted by atomic mass is 10.1. The van der Waals surface area contributed by atoms with Crippen LogP contribution in [-0.4, -0.2) is 30.7 Å². The number of halogens is 3. The number of urea groups is 1. The number of hydrogen-bond acceptors (Lipinski definition) is 3. The first kappa shape index (κ1) is 19.1. The lowest BCUT2D eigenvalue weighted by molar-refractivity contribution is -0.274. The molecule has 0 spiro atoms. The van der Waals surface area contributed by atoms with E-state index in [4.69, 9.17) is 5.11 Å². The molecule has 0 saturated carbocycles. The van der Waals surface area contributed by atoms with Crippen molar-refractivity contribution >= 4 is 6.03 Å². The third kappa shape index (κ3) is 7.73. The van der Waals surface area contributed by atoms with E-state index in [1.54, 1.807) is 6.92 Å². The van der Waals surface area contributed by atoms with E-state index in [-0.39, 0.29) is 30.3 Å². The molecular weight excluding hydrogens is 313 g/mol. The van der Waals surface area contributed by atoms with Crippen molar-refractivity contribution in [2.24, 2.45) is 5.92 Å². The Morgan fingerprint density at radius 2 is 1.87 bits per heavy atom. The number of amides is 2. The van der Waals surface area contributed by atoms with Crippen LogP contribution in [0.25, 0.3) is 0 Å². The van der Waals surface area contributed by atoms with Gasteiger partial charge in [-0.15, -0.1) is 13.2 Å². The minimum Gasteiger partial charge on any atom is -0.406 e. The fraction of sp³-hybridized carbons (Fsp3) is 0.533. The summed E-state index contributed by atoms with van der Waals surface area (Å²) in [7, 11) is 0. The van der Waals surface area contributed by atoms with Crippen molar-refractivity contribution in [3.05, 3.63) is 29.8 Å². The number of rotatable bonds is 7. The maximum absolute atomic E-state index is 12.1. The Balaban J connectivity index is 2.48. The van der Waals surface area contributed by atoms with Crippen molar-refractivity contribution in [3.8, 4) is 5.75 Å². The van der Waals surface area contributed by atoms with Crippen molar-refractivity contribution in [2.75, 3.05) is 13.2 Å². The highest BCUT2D eigenvalue weighted by Gasteiger charge is 2.31. The molecule has 5 nitrogen and oxygen atoms in total. The number of nitrogens with one attached hydrogen (secondary N) is 2. The van der Waals surface area contributed by atoms with Crippen LogP contribution in [0.4, 0.5) is 18.0 Å². The van der Waals surface area contributed by atoms with Gasteiger partial charge < -0.3 is 20.5 Å². The SMILES string of the molecule is CC(CCO)CNC(=O)NC(C)c1ccc(OC(F)(F)F)cc1. The number of aliphatic hydroxyl groups excluding tert-OH is 1. The highest BCUT2D eigenvalue weighted by atomic mass is 19.4. The molecule has 0 aliphatic carbocycles. The predicted molar refractivity (Wildman–Crippen MR) is 78.9 cm³/mol. The van der Waals surface area contributed by atoms with Gasteiger partial charge in [-0.25, -0.2) is 4.79 Å². The third-order valence-electron chi connectivity index (χ3n) is 3.19. The number of hydrogen-bond donors (Lipinski definition) is 3. The van der Waals surface area contributed by atoms with Crippen molar-refractivity contribution in [1.29, 1.82) is 0 Å². The first-order chi connectivity index (χ1) is 10.7. The average molecular weight is 334 g/mol. The molecule has 0 saturated heterocycles. The molecule has 23 heavy (non-hydrogen) atoms. The number of aliphatic hydroxyl groups is 1. The molecular formula is C15H21F3N2O3. The number of carbonyl (C=O) groups is 1. The van der Waals surface area contributed by atoms with E-state index in [9.17, 15) is 18.0 Å². The molecule has 0 bridgehead atoms. The summed E-state index contributed by atoms with van der Waals surface area (Å²) >= 11 is 0. The molecule has 0 heterocycles. The normalized spacial score (nSPS) is 14.0. The Hall–Kier alpha value is -1.96. The molecule has 2 unspecified atom stereocenters. The number of carbonyl (C=O) groups excluding carboxylic acids is 1. The molecule has 1 rings (SSSR count). The summed E-state index contributed by atoms with van der Waals surface area (Å²) < 4.78 is 40.0. The number of benzene rings is 1. The Labute approximate surface area is 132 Å². The second-order valence-corrected chi connectivity index (χ2v) is 5.31. The summed E-state index contributed by atoms with van der Waals surface area (Å²) in [5.74, 6) is -0.157. The van der Waals surface area contributed by atoms with Crippen LogP contribution in [0.2, 0.25) is 0 Å². The minimum atomic E-state index is -4.73. The quantitative estimate of drug-likeness (QED) is 0.718. The molecule has 130 valence electrons. The van der Waals surface area contributed by atoms with Crippen LogP contribution in [0, 0.1) is 5.92 Å². The topological polar surface area (TPSA) is 70.6 Å². The standard InChI is InChI=1S/C15H21F3N2O3/c1-10(7-8-21)9-19-14(22)20-11(2)12-3-5-13(6-4-12)23-15(16,17)18/h3-6,10-11,21H,7-9H2,1-2H3,(H2,19,20,22).